The zero-order valence-electron chi connectivity index (χ0n) is 12.4. The molecule has 0 atom stereocenters. The first kappa shape index (κ1) is 12.9. The van der Waals surface area contributed by atoms with Gasteiger partial charge in [-0.05, 0) is 54.4 Å². The second-order valence-corrected chi connectivity index (χ2v) is 6.13. The summed E-state index contributed by atoms with van der Waals surface area (Å²) in [4.78, 5) is 2.63. The molecule has 2 heteroatoms. The second kappa shape index (κ2) is 5.53. The fourth-order valence-corrected chi connectivity index (χ4v) is 3.68. The molecule has 0 radical (unpaired) electrons. The van der Waals surface area contributed by atoms with E-state index in [9.17, 15) is 0 Å². The number of nitrogens with zero attached hydrogens (tertiary/aromatic N) is 1. The topological polar surface area (TPSA) is 15.3 Å². The van der Waals surface area contributed by atoms with Crippen LogP contribution in [-0.2, 0) is 0 Å². The van der Waals surface area contributed by atoms with E-state index in [4.69, 9.17) is 0 Å². The zero-order valence-corrected chi connectivity index (χ0v) is 12.4. The summed E-state index contributed by atoms with van der Waals surface area (Å²) < 4.78 is 0. The molecule has 0 aromatic heterocycles. The van der Waals surface area contributed by atoms with Crippen molar-refractivity contribution < 1.29 is 0 Å². The Hall–Kier alpha value is -1.80. The van der Waals surface area contributed by atoms with Gasteiger partial charge in [-0.1, -0.05) is 42.5 Å². The van der Waals surface area contributed by atoms with Gasteiger partial charge in [-0.25, -0.2) is 0 Å². The first-order valence-electron chi connectivity index (χ1n) is 8.06. The molecule has 2 heterocycles. The van der Waals surface area contributed by atoms with Gasteiger partial charge in [-0.2, -0.15) is 0 Å². The van der Waals surface area contributed by atoms with Gasteiger partial charge in [0, 0.05) is 18.3 Å². The van der Waals surface area contributed by atoms with Gasteiger partial charge in [0.2, 0.25) is 0 Å². The average molecular weight is 278 g/mol. The van der Waals surface area contributed by atoms with Crippen molar-refractivity contribution >= 4 is 12.2 Å². The van der Waals surface area contributed by atoms with Crippen molar-refractivity contribution in [1.29, 1.82) is 0 Å². The number of fused-ring (bicyclic) bond motifs is 1. The normalized spacial score (nSPS) is 22.0. The molecule has 0 spiro atoms. The highest BCUT2D eigenvalue weighted by molar-refractivity contribution is 5.58. The van der Waals surface area contributed by atoms with Crippen LogP contribution in [0.4, 0.5) is 0 Å². The fraction of sp³-hybridized carbons (Fsp3) is 0.368. The lowest BCUT2D eigenvalue weighted by Gasteiger charge is -2.38. The largest absolute Gasteiger partial charge is 0.364 e. The van der Waals surface area contributed by atoms with Gasteiger partial charge in [-0.15, -0.1) is 0 Å². The minimum Gasteiger partial charge on any atom is -0.364 e. The number of piperidine rings is 1. The molecule has 1 N–H and O–H groups in total. The van der Waals surface area contributed by atoms with Crippen molar-refractivity contribution in [2.45, 2.75) is 25.3 Å². The highest BCUT2D eigenvalue weighted by Gasteiger charge is 2.24. The van der Waals surface area contributed by atoms with Gasteiger partial charge < -0.3 is 10.2 Å². The maximum absolute atomic E-state index is 3.48. The van der Waals surface area contributed by atoms with Crippen LogP contribution < -0.4 is 15.8 Å². The van der Waals surface area contributed by atoms with E-state index in [0.717, 1.165) is 26.1 Å². The summed E-state index contributed by atoms with van der Waals surface area (Å²) in [5, 5.41) is 6.20. The Bertz CT molecular complexity index is 705. The highest BCUT2D eigenvalue weighted by Crippen LogP contribution is 2.27. The summed E-state index contributed by atoms with van der Waals surface area (Å²) in [5.74, 6) is 0. The summed E-state index contributed by atoms with van der Waals surface area (Å²) in [6.07, 6.45) is 13.0. The van der Waals surface area contributed by atoms with E-state index in [1.807, 2.05) is 0 Å². The molecule has 108 valence electrons. The van der Waals surface area contributed by atoms with Crippen molar-refractivity contribution in [2.24, 2.45) is 0 Å². The van der Waals surface area contributed by atoms with Crippen LogP contribution in [0.5, 0.6) is 0 Å². The number of rotatable bonds is 1. The van der Waals surface area contributed by atoms with Crippen molar-refractivity contribution in [1.82, 2.24) is 10.2 Å². The predicted molar refractivity (Wildman–Crippen MR) is 88.0 cm³/mol. The molecule has 1 saturated heterocycles. The van der Waals surface area contributed by atoms with Crippen LogP contribution in [0.2, 0.25) is 0 Å². The van der Waals surface area contributed by atoms with Crippen LogP contribution in [-0.4, -0.2) is 30.6 Å². The zero-order chi connectivity index (χ0) is 14.1. The Morgan fingerprint density at radius 2 is 1.86 bits per heavy atom. The molecule has 0 bridgehead atoms. The Morgan fingerprint density at radius 3 is 2.71 bits per heavy atom. The monoisotopic (exact) mass is 278 g/mol. The molecule has 2 aliphatic heterocycles. The standard InChI is InChI=1S/C19H22N2/c1-2-5-17-14-19-16(8-7-15(17)4-1)6-3-13-21(19)18-9-11-20-12-10-18/h1-7,14,18,20H,8-13H2. The molecule has 0 amide bonds. The molecule has 3 aliphatic rings. The highest BCUT2D eigenvalue weighted by atomic mass is 15.2. The molecule has 1 aliphatic carbocycles. The summed E-state index contributed by atoms with van der Waals surface area (Å²) in [6.45, 7) is 3.36. The summed E-state index contributed by atoms with van der Waals surface area (Å²) >= 11 is 0. The lowest BCUT2D eigenvalue weighted by Crippen LogP contribution is -2.43. The van der Waals surface area contributed by atoms with E-state index in [1.165, 1.54) is 34.5 Å². The Balaban J connectivity index is 1.77. The quantitative estimate of drug-likeness (QED) is 0.838. The first-order chi connectivity index (χ1) is 10.4. The lowest BCUT2D eigenvalue weighted by atomic mass is 9.99. The SMILES string of the molecule is C1=CC2=C(C=c3ccccc3=CC2)N(C2CCNCC2)C1. The van der Waals surface area contributed by atoms with Crippen LogP contribution >= 0.6 is 0 Å². The van der Waals surface area contributed by atoms with Gasteiger partial charge in [0.15, 0.2) is 0 Å². The van der Waals surface area contributed by atoms with Crippen molar-refractivity contribution in [3.8, 4) is 0 Å². The Morgan fingerprint density at radius 1 is 1.05 bits per heavy atom. The van der Waals surface area contributed by atoms with Gasteiger partial charge in [0.1, 0.15) is 0 Å². The van der Waals surface area contributed by atoms with Gasteiger partial charge >= 0.3 is 0 Å². The molecular weight excluding hydrogens is 256 g/mol. The third-order valence-electron chi connectivity index (χ3n) is 4.84. The van der Waals surface area contributed by atoms with Crippen LogP contribution in [0.3, 0.4) is 0 Å². The minimum atomic E-state index is 0.683. The van der Waals surface area contributed by atoms with Crippen LogP contribution in [0.25, 0.3) is 12.2 Å². The van der Waals surface area contributed by atoms with E-state index >= 15 is 0 Å². The van der Waals surface area contributed by atoms with Crippen molar-refractivity contribution in [2.75, 3.05) is 19.6 Å². The maximum atomic E-state index is 3.48. The van der Waals surface area contributed by atoms with E-state index in [0.29, 0.717) is 6.04 Å². The number of hydrogen-bond acceptors (Lipinski definition) is 2. The molecule has 21 heavy (non-hydrogen) atoms. The molecule has 0 unspecified atom stereocenters. The molecule has 2 nitrogen and oxygen atoms in total. The Kier molecular flexibility index (Phi) is 3.40. The van der Waals surface area contributed by atoms with E-state index < -0.39 is 0 Å². The van der Waals surface area contributed by atoms with E-state index in [2.05, 4.69) is 58.8 Å². The summed E-state index contributed by atoms with van der Waals surface area (Å²) in [6, 6.07) is 9.42. The number of nitrogens with one attached hydrogen (secondary N) is 1. The number of benzene rings is 1. The molecule has 0 saturated carbocycles. The third-order valence-corrected chi connectivity index (χ3v) is 4.84. The van der Waals surface area contributed by atoms with Crippen molar-refractivity contribution in [3.05, 3.63) is 58.1 Å². The van der Waals surface area contributed by atoms with Crippen LogP contribution in [0, 0.1) is 0 Å². The van der Waals surface area contributed by atoms with E-state index in [-0.39, 0.29) is 0 Å². The molecule has 1 aromatic rings. The summed E-state index contributed by atoms with van der Waals surface area (Å²) in [7, 11) is 0. The number of hydrogen-bond donors (Lipinski definition) is 1. The van der Waals surface area contributed by atoms with Gasteiger partial charge in [0.05, 0.1) is 0 Å². The molecule has 1 aromatic carbocycles. The van der Waals surface area contributed by atoms with Crippen LogP contribution in [0.15, 0.2) is 47.7 Å². The molecular formula is C19H22N2. The number of allylic oxidation sites excluding steroid dienone is 3. The third kappa shape index (κ3) is 2.44. The smallest absolute Gasteiger partial charge is 0.0413 e. The Labute approximate surface area is 126 Å². The minimum absolute atomic E-state index is 0.683. The van der Waals surface area contributed by atoms with Gasteiger partial charge in [-0.3, -0.25) is 0 Å². The fourth-order valence-electron chi connectivity index (χ4n) is 3.68. The summed E-state index contributed by atoms with van der Waals surface area (Å²) in [5.41, 5.74) is 2.92. The van der Waals surface area contributed by atoms with E-state index in [1.54, 1.807) is 0 Å². The second-order valence-electron chi connectivity index (χ2n) is 6.13. The maximum Gasteiger partial charge on any atom is 0.0413 e. The lowest BCUT2D eigenvalue weighted by molar-refractivity contribution is 0.230. The predicted octanol–water partition coefficient (Wildman–Crippen LogP) is 1.53. The van der Waals surface area contributed by atoms with Crippen LogP contribution in [0.1, 0.15) is 19.3 Å². The van der Waals surface area contributed by atoms with Gasteiger partial charge in [0.25, 0.3) is 0 Å². The van der Waals surface area contributed by atoms with Crippen molar-refractivity contribution in [3.63, 3.8) is 0 Å². The average Bonchev–Trinajstić information content (AvgIpc) is 2.74. The first-order valence-corrected chi connectivity index (χ1v) is 8.06. The molecule has 1 fully saturated rings. The molecule has 4 rings (SSSR count).